The summed E-state index contributed by atoms with van der Waals surface area (Å²) in [5, 5.41) is 19.1. The molecule has 0 unspecified atom stereocenters. The van der Waals surface area contributed by atoms with Crippen LogP contribution in [0.25, 0.3) is 0 Å². The van der Waals surface area contributed by atoms with E-state index in [0.717, 1.165) is 18.7 Å². The molecule has 0 bridgehead atoms. The van der Waals surface area contributed by atoms with Crippen molar-refractivity contribution in [3.05, 3.63) is 16.3 Å². The second-order valence-electron chi connectivity index (χ2n) is 4.24. The molecular formula is C10H18N4O2. The predicted octanol–water partition coefficient (Wildman–Crippen LogP) is -0.233. The number of nitrogens with one attached hydrogen (secondary N) is 2. The molecule has 0 amide bonds. The van der Waals surface area contributed by atoms with E-state index >= 15 is 0 Å². The van der Waals surface area contributed by atoms with Gasteiger partial charge in [-0.1, -0.05) is 13.3 Å². The van der Waals surface area contributed by atoms with Gasteiger partial charge in [0, 0.05) is 13.1 Å². The summed E-state index contributed by atoms with van der Waals surface area (Å²) in [5.41, 5.74) is -0.161. The van der Waals surface area contributed by atoms with E-state index in [4.69, 9.17) is 0 Å². The molecule has 3 N–H and O–H groups in total. The summed E-state index contributed by atoms with van der Waals surface area (Å²) in [6, 6.07) is -0.00851. The monoisotopic (exact) mass is 226 g/mol. The van der Waals surface area contributed by atoms with Crippen LogP contribution in [-0.2, 0) is 6.54 Å². The topological polar surface area (TPSA) is 82.9 Å². The molecule has 1 saturated heterocycles. The van der Waals surface area contributed by atoms with E-state index in [1.54, 1.807) is 4.57 Å². The highest BCUT2D eigenvalue weighted by Gasteiger charge is 2.27. The number of hydrogen-bond donors (Lipinski definition) is 3. The van der Waals surface area contributed by atoms with Crippen molar-refractivity contribution in [2.75, 3.05) is 6.54 Å². The Morgan fingerprint density at radius 3 is 3.06 bits per heavy atom. The Balaban J connectivity index is 2.17. The summed E-state index contributed by atoms with van der Waals surface area (Å²) < 4.78 is 1.67. The minimum absolute atomic E-state index is 0.00851. The summed E-state index contributed by atoms with van der Waals surface area (Å²) in [6.07, 6.45) is 2.28. The van der Waals surface area contributed by atoms with Gasteiger partial charge in [-0.25, -0.2) is 9.89 Å². The standard InChI is InChI=1S/C10H18N4O2/c1-2-3-4-14-9(12-13-10(14)16)8-5-7(15)6-11-8/h7-8,11,15H,2-6H2,1H3,(H,13,16)/t7-,8+/m1/s1. The number of H-pyrrole nitrogens is 1. The van der Waals surface area contributed by atoms with Gasteiger partial charge in [0.2, 0.25) is 0 Å². The Morgan fingerprint density at radius 1 is 1.62 bits per heavy atom. The first-order valence-corrected chi connectivity index (χ1v) is 5.79. The van der Waals surface area contributed by atoms with Gasteiger partial charge in [-0.2, -0.15) is 5.10 Å². The van der Waals surface area contributed by atoms with Crippen molar-refractivity contribution in [3.63, 3.8) is 0 Å². The van der Waals surface area contributed by atoms with E-state index in [-0.39, 0.29) is 17.8 Å². The van der Waals surface area contributed by atoms with E-state index in [1.165, 1.54) is 0 Å². The number of nitrogens with zero attached hydrogens (tertiary/aromatic N) is 2. The number of aliphatic hydroxyl groups excluding tert-OH is 1. The number of unbranched alkanes of at least 4 members (excludes halogenated alkanes) is 1. The second-order valence-corrected chi connectivity index (χ2v) is 4.24. The van der Waals surface area contributed by atoms with Crippen molar-refractivity contribution in [1.82, 2.24) is 20.1 Å². The van der Waals surface area contributed by atoms with Gasteiger partial charge < -0.3 is 10.4 Å². The van der Waals surface area contributed by atoms with Crippen molar-refractivity contribution in [2.24, 2.45) is 0 Å². The van der Waals surface area contributed by atoms with E-state index in [9.17, 15) is 9.90 Å². The van der Waals surface area contributed by atoms with Crippen LogP contribution < -0.4 is 11.0 Å². The Kier molecular flexibility index (Phi) is 3.40. The average molecular weight is 226 g/mol. The molecule has 1 aromatic rings. The first kappa shape index (κ1) is 11.3. The van der Waals surface area contributed by atoms with Gasteiger partial charge in [0.25, 0.3) is 0 Å². The lowest BCUT2D eigenvalue weighted by molar-refractivity contribution is 0.192. The molecule has 2 atom stereocenters. The highest BCUT2D eigenvalue weighted by atomic mass is 16.3. The number of hydrogen-bond acceptors (Lipinski definition) is 4. The number of aromatic nitrogens is 3. The fourth-order valence-corrected chi connectivity index (χ4v) is 2.04. The molecule has 1 fully saturated rings. The maximum absolute atomic E-state index is 11.5. The van der Waals surface area contributed by atoms with Gasteiger partial charge >= 0.3 is 5.69 Å². The molecule has 0 radical (unpaired) electrons. The van der Waals surface area contributed by atoms with Gasteiger partial charge in [-0.3, -0.25) is 4.57 Å². The molecule has 0 spiro atoms. The van der Waals surface area contributed by atoms with E-state index in [2.05, 4.69) is 22.4 Å². The Labute approximate surface area is 93.7 Å². The van der Waals surface area contributed by atoms with Crippen LogP contribution in [0.1, 0.15) is 38.1 Å². The zero-order valence-corrected chi connectivity index (χ0v) is 9.44. The van der Waals surface area contributed by atoms with Gasteiger partial charge in [0.15, 0.2) is 5.82 Å². The van der Waals surface area contributed by atoms with E-state index < -0.39 is 0 Å². The number of β-amino-alcohol motifs (C(OH)–C–C–N with tert-alkyl or cyclic N) is 1. The lowest BCUT2D eigenvalue weighted by Gasteiger charge is -2.10. The summed E-state index contributed by atoms with van der Waals surface area (Å²) in [5.74, 6) is 0.718. The van der Waals surface area contributed by atoms with Gasteiger partial charge in [0.1, 0.15) is 0 Å². The highest BCUT2D eigenvalue weighted by Crippen LogP contribution is 2.20. The van der Waals surface area contributed by atoms with Crippen LogP contribution in [0, 0.1) is 0 Å². The maximum atomic E-state index is 11.5. The third-order valence-corrected chi connectivity index (χ3v) is 2.94. The molecule has 6 heteroatoms. The Hall–Kier alpha value is -1.14. The number of aliphatic hydroxyl groups is 1. The molecule has 1 aliphatic heterocycles. The van der Waals surface area contributed by atoms with E-state index in [1.807, 2.05) is 0 Å². The number of aromatic amines is 1. The molecular weight excluding hydrogens is 208 g/mol. The van der Waals surface area contributed by atoms with Gasteiger partial charge in [-0.15, -0.1) is 0 Å². The molecule has 0 saturated carbocycles. The van der Waals surface area contributed by atoms with Crippen molar-refractivity contribution in [3.8, 4) is 0 Å². The molecule has 6 nitrogen and oxygen atoms in total. The van der Waals surface area contributed by atoms with Crippen LogP contribution in [0.3, 0.4) is 0 Å². The summed E-state index contributed by atoms with van der Waals surface area (Å²) >= 11 is 0. The molecule has 90 valence electrons. The lowest BCUT2D eigenvalue weighted by Crippen LogP contribution is -2.23. The Bertz CT molecular complexity index is 398. The first-order chi connectivity index (χ1) is 7.72. The fraction of sp³-hybridized carbons (Fsp3) is 0.800. The van der Waals surface area contributed by atoms with Crippen LogP contribution in [-0.4, -0.2) is 32.5 Å². The summed E-state index contributed by atoms with van der Waals surface area (Å²) in [6.45, 7) is 3.34. The first-order valence-electron chi connectivity index (χ1n) is 5.79. The molecule has 2 rings (SSSR count). The van der Waals surface area contributed by atoms with Crippen LogP contribution in [0.2, 0.25) is 0 Å². The molecule has 0 aromatic carbocycles. The SMILES string of the molecule is CCCCn1c([C@@H]2C[C@@H](O)CN2)n[nH]c1=O. The molecule has 0 aliphatic carbocycles. The minimum Gasteiger partial charge on any atom is -0.392 e. The third kappa shape index (κ3) is 2.17. The zero-order valence-electron chi connectivity index (χ0n) is 9.44. The molecule has 1 aromatic heterocycles. The van der Waals surface area contributed by atoms with Crippen LogP contribution in [0.15, 0.2) is 4.79 Å². The van der Waals surface area contributed by atoms with Crippen molar-refractivity contribution in [2.45, 2.75) is 44.9 Å². The van der Waals surface area contributed by atoms with E-state index in [0.29, 0.717) is 19.5 Å². The lowest BCUT2D eigenvalue weighted by atomic mass is 10.2. The van der Waals surface area contributed by atoms with Crippen LogP contribution in [0.5, 0.6) is 0 Å². The molecule has 2 heterocycles. The minimum atomic E-state index is -0.337. The average Bonchev–Trinajstić information content (AvgIpc) is 2.82. The second kappa shape index (κ2) is 4.80. The zero-order chi connectivity index (χ0) is 11.5. The Morgan fingerprint density at radius 2 is 2.44 bits per heavy atom. The summed E-state index contributed by atoms with van der Waals surface area (Å²) in [4.78, 5) is 11.5. The van der Waals surface area contributed by atoms with Gasteiger partial charge in [0.05, 0.1) is 12.1 Å². The van der Waals surface area contributed by atoms with Crippen molar-refractivity contribution in [1.29, 1.82) is 0 Å². The normalized spacial score (nSPS) is 25.1. The van der Waals surface area contributed by atoms with Crippen molar-refractivity contribution >= 4 is 0 Å². The molecule has 1 aliphatic rings. The van der Waals surface area contributed by atoms with Crippen molar-refractivity contribution < 1.29 is 5.11 Å². The van der Waals surface area contributed by atoms with Crippen LogP contribution in [0.4, 0.5) is 0 Å². The predicted molar refractivity (Wildman–Crippen MR) is 59.1 cm³/mol. The fourth-order valence-electron chi connectivity index (χ4n) is 2.04. The number of rotatable bonds is 4. The van der Waals surface area contributed by atoms with Gasteiger partial charge in [-0.05, 0) is 12.8 Å². The third-order valence-electron chi connectivity index (χ3n) is 2.94. The highest BCUT2D eigenvalue weighted by molar-refractivity contribution is 5.00. The van der Waals surface area contributed by atoms with Crippen LogP contribution >= 0.6 is 0 Å². The quantitative estimate of drug-likeness (QED) is 0.662. The largest absolute Gasteiger partial charge is 0.392 e. The summed E-state index contributed by atoms with van der Waals surface area (Å²) in [7, 11) is 0. The molecule has 16 heavy (non-hydrogen) atoms. The maximum Gasteiger partial charge on any atom is 0.343 e. The smallest absolute Gasteiger partial charge is 0.343 e.